The van der Waals surface area contributed by atoms with Crippen LogP contribution in [0.1, 0.15) is 18.4 Å². The highest BCUT2D eigenvalue weighted by Crippen LogP contribution is 2.31. The maximum atomic E-state index is 12.7. The van der Waals surface area contributed by atoms with Crippen LogP contribution in [0.5, 0.6) is 5.88 Å². The molecule has 2 aromatic rings. The number of fused-ring (bicyclic) bond motifs is 1. The number of pyridine rings is 1. The van der Waals surface area contributed by atoms with Crippen LogP contribution in [0.4, 0.5) is 13.2 Å². The van der Waals surface area contributed by atoms with Gasteiger partial charge in [-0.15, -0.1) is 0 Å². The number of amides is 1. The zero-order valence-electron chi connectivity index (χ0n) is 16.3. The van der Waals surface area contributed by atoms with Crippen molar-refractivity contribution in [1.29, 1.82) is 0 Å². The third-order valence-corrected chi connectivity index (χ3v) is 5.66. The first kappa shape index (κ1) is 23.0. The van der Waals surface area contributed by atoms with Gasteiger partial charge in [0.1, 0.15) is 12.2 Å². The third-order valence-electron chi connectivity index (χ3n) is 4.93. The van der Waals surface area contributed by atoms with E-state index in [1.54, 1.807) is 17.5 Å². The van der Waals surface area contributed by atoms with Crippen molar-refractivity contribution in [3.8, 4) is 5.88 Å². The lowest BCUT2D eigenvalue weighted by molar-refractivity contribution is -0.192. The number of likely N-dealkylation sites (tertiary alicyclic amines) is 1. The van der Waals surface area contributed by atoms with Gasteiger partial charge in [0.25, 0.3) is 0 Å². The van der Waals surface area contributed by atoms with Crippen molar-refractivity contribution >= 4 is 23.2 Å². The molecular formula is C20H21F3N2O5S. The molecule has 2 aliphatic heterocycles. The Morgan fingerprint density at radius 2 is 2.06 bits per heavy atom. The summed E-state index contributed by atoms with van der Waals surface area (Å²) < 4.78 is 43.7. The summed E-state index contributed by atoms with van der Waals surface area (Å²) in [6, 6.07) is 7.77. The summed E-state index contributed by atoms with van der Waals surface area (Å²) in [6.07, 6.45) is -1.35. The lowest BCUT2D eigenvalue weighted by Crippen LogP contribution is -2.56. The highest BCUT2D eigenvalue weighted by Gasteiger charge is 2.45. The van der Waals surface area contributed by atoms with Crippen molar-refractivity contribution in [2.24, 2.45) is 0 Å². The van der Waals surface area contributed by atoms with Gasteiger partial charge >= 0.3 is 12.1 Å². The van der Waals surface area contributed by atoms with E-state index < -0.39 is 12.1 Å². The number of rotatable bonds is 4. The number of hydrogen-bond acceptors (Lipinski definition) is 6. The minimum atomic E-state index is -5.08. The molecule has 0 saturated carbocycles. The number of carboxylic acids is 1. The van der Waals surface area contributed by atoms with Crippen LogP contribution in [0.15, 0.2) is 41.2 Å². The second-order valence-electron chi connectivity index (χ2n) is 7.00. The van der Waals surface area contributed by atoms with E-state index in [-0.39, 0.29) is 24.2 Å². The predicted molar refractivity (Wildman–Crippen MR) is 105 cm³/mol. The molecule has 3 atom stereocenters. The van der Waals surface area contributed by atoms with E-state index in [1.165, 1.54) is 0 Å². The van der Waals surface area contributed by atoms with Crippen molar-refractivity contribution in [3.63, 3.8) is 0 Å². The summed E-state index contributed by atoms with van der Waals surface area (Å²) in [5.41, 5.74) is 1.09. The SMILES string of the molecule is O=C(Cc1ccsc1)N1CC[C@@H](Oc2ccccn2)[C@H]2OCC[C@@H]21.O=C(O)C(F)(F)F. The van der Waals surface area contributed by atoms with E-state index in [4.69, 9.17) is 19.4 Å². The highest BCUT2D eigenvalue weighted by molar-refractivity contribution is 7.08. The summed E-state index contributed by atoms with van der Waals surface area (Å²) in [6.45, 7) is 1.39. The molecule has 0 aromatic carbocycles. The van der Waals surface area contributed by atoms with E-state index in [0.717, 1.165) is 18.4 Å². The number of halogens is 3. The Morgan fingerprint density at radius 1 is 1.29 bits per heavy atom. The summed E-state index contributed by atoms with van der Waals surface area (Å²) >= 11 is 1.63. The molecule has 2 saturated heterocycles. The van der Waals surface area contributed by atoms with Crippen molar-refractivity contribution in [3.05, 3.63) is 46.8 Å². The number of thiophene rings is 1. The van der Waals surface area contributed by atoms with Gasteiger partial charge in [-0.3, -0.25) is 4.79 Å². The number of nitrogens with zero attached hydrogens (tertiary/aromatic N) is 2. The summed E-state index contributed by atoms with van der Waals surface area (Å²) in [4.78, 5) is 27.8. The van der Waals surface area contributed by atoms with Crippen LogP contribution in [0.3, 0.4) is 0 Å². The van der Waals surface area contributed by atoms with Crippen molar-refractivity contribution < 1.29 is 37.3 Å². The van der Waals surface area contributed by atoms with Crippen molar-refractivity contribution in [1.82, 2.24) is 9.88 Å². The number of aliphatic carboxylic acids is 1. The average molecular weight is 458 g/mol. The largest absolute Gasteiger partial charge is 0.490 e. The molecule has 0 unspecified atom stereocenters. The molecule has 2 fully saturated rings. The van der Waals surface area contributed by atoms with Crippen LogP contribution in [-0.4, -0.2) is 64.4 Å². The Bertz CT molecular complexity index is 863. The fourth-order valence-electron chi connectivity index (χ4n) is 3.56. The molecule has 0 spiro atoms. The second-order valence-corrected chi connectivity index (χ2v) is 7.78. The Labute approximate surface area is 180 Å². The maximum Gasteiger partial charge on any atom is 0.490 e. The zero-order valence-corrected chi connectivity index (χ0v) is 17.1. The Balaban J connectivity index is 0.000000339. The number of ether oxygens (including phenoxy) is 2. The van der Waals surface area contributed by atoms with E-state index in [0.29, 0.717) is 25.5 Å². The summed E-state index contributed by atoms with van der Waals surface area (Å²) in [7, 11) is 0. The molecule has 4 rings (SSSR count). The van der Waals surface area contributed by atoms with E-state index in [1.807, 2.05) is 39.9 Å². The quantitative estimate of drug-likeness (QED) is 0.757. The number of alkyl halides is 3. The molecule has 0 aliphatic carbocycles. The zero-order chi connectivity index (χ0) is 22.4. The lowest BCUT2D eigenvalue weighted by Gasteiger charge is -2.41. The average Bonchev–Trinajstić information content (AvgIpc) is 3.41. The Morgan fingerprint density at radius 3 is 2.68 bits per heavy atom. The minimum Gasteiger partial charge on any atom is -0.475 e. The van der Waals surface area contributed by atoms with E-state index >= 15 is 0 Å². The smallest absolute Gasteiger partial charge is 0.475 e. The van der Waals surface area contributed by atoms with Gasteiger partial charge in [-0.05, 0) is 34.9 Å². The third kappa shape index (κ3) is 6.17. The molecule has 2 aliphatic rings. The van der Waals surface area contributed by atoms with Gasteiger partial charge < -0.3 is 19.5 Å². The molecule has 31 heavy (non-hydrogen) atoms. The van der Waals surface area contributed by atoms with Crippen molar-refractivity contribution in [2.75, 3.05) is 13.2 Å². The molecule has 2 aromatic heterocycles. The minimum absolute atomic E-state index is 0.0439. The van der Waals surface area contributed by atoms with Crippen LogP contribution in [0.25, 0.3) is 0 Å². The number of hydrogen-bond donors (Lipinski definition) is 1. The van der Waals surface area contributed by atoms with Gasteiger partial charge in [0.05, 0.1) is 12.5 Å². The molecule has 1 N–H and O–H groups in total. The van der Waals surface area contributed by atoms with Gasteiger partial charge in [0, 0.05) is 31.8 Å². The predicted octanol–water partition coefficient (Wildman–Crippen LogP) is 3.16. The number of carbonyl (C=O) groups excluding carboxylic acids is 1. The summed E-state index contributed by atoms with van der Waals surface area (Å²) in [5.74, 6) is -1.95. The number of aromatic nitrogens is 1. The van der Waals surface area contributed by atoms with E-state index in [2.05, 4.69) is 4.98 Å². The van der Waals surface area contributed by atoms with Crippen LogP contribution < -0.4 is 4.74 Å². The van der Waals surface area contributed by atoms with Gasteiger partial charge in [0.15, 0.2) is 0 Å². The van der Waals surface area contributed by atoms with Gasteiger partial charge in [-0.2, -0.15) is 24.5 Å². The Kier molecular flexibility index (Phi) is 7.50. The lowest BCUT2D eigenvalue weighted by atomic mass is 9.95. The molecule has 0 radical (unpaired) electrons. The van der Waals surface area contributed by atoms with Crippen LogP contribution in [0, 0.1) is 0 Å². The topological polar surface area (TPSA) is 89.0 Å². The summed E-state index contributed by atoms with van der Waals surface area (Å²) in [5, 5.41) is 11.2. The van der Waals surface area contributed by atoms with Crippen LogP contribution in [0.2, 0.25) is 0 Å². The maximum absolute atomic E-state index is 12.7. The second kappa shape index (κ2) is 10.1. The van der Waals surface area contributed by atoms with Crippen molar-refractivity contribution in [2.45, 2.75) is 43.7 Å². The number of carbonyl (C=O) groups is 2. The first-order chi connectivity index (χ1) is 14.8. The van der Waals surface area contributed by atoms with Crippen LogP contribution >= 0.6 is 11.3 Å². The fraction of sp³-hybridized carbons (Fsp3) is 0.450. The van der Waals surface area contributed by atoms with Gasteiger partial charge in [0.2, 0.25) is 11.8 Å². The molecule has 7 nitrogen and oxygen atoms in total. The fourth-order valence-corrected chi connectivity index (χ4v) is 4.23. The van der Waals surface area contributed by atoms with Crippen LogP contribution in [-0.2, 0) is 20.7 Å². The first-order valence-electron chi connectivity index (χ1n) is 9.55. The molecule has 168 valence electrons. The normalized spacial score (nSPS) is 22.8. The monoisotopic (exact) mass is 458 g/mol. The van der Waals surface area contributed by atoms with E-state index in [9.17, 15) is 18.0 Å². The number of piperidine rings is 1. The first-order valence-corrected chi connectivity index (χ1v) is 10.5. The molecule has 4 heterocycles. The van der Waals surface area contributed by atoms with Gasteiger partial charge in [-0.1, -0.05) is 6.07 Å². The molecule has 0 bridgehead atoms. The standard InChI is InChI=1S/C18H20N2O3S.C2HF3O2/c21-17(11-13-6-10-24-12-13)20-8-4-15(18-14(20)5-9-22-18)23-16-3-1-2-7-19-16;3-2(4,5)1(6)7/h1-3,6-7,10,12,14-15,18H,4-5,8-9,11H2;(H,6,7)/t14-,15+,18-;/m0./s1. The molecule has 1 amide bonds. The van der Waals surface area contributed by atoms with Gasteiger partial charge in [-0.25, -0.2) is 9.78 Å². The molecule has 11 heteroatoms. The Hall–Kier alpha value is -2.66. The highest BCUT2D eigenvalue weighted by atomic mass is 32.1. The molecular weight excluding hydrogens is 437 g/mol. The number of carboxylic acid groups (broad SMARTS) is 1.